The van der Waals surface area contributed by atoms with Crippen molar-refractivity contribution in [2.75, 3.05) is 47.4 Å². The second-order valence-electron chi connectivity index (χ2n) is 8.22. The summed E-state index contributed by atoms with van der Waals surface area (Å²) in [4.78, 5) is 22.9. The lowest BCUT2D eigenvalue weighted by molar-refractivity contribution is -0.137. The smallest absolute Gasteiger partial charge is 0.353 e. The zero-order valence-electron chi connectivity index (χ0n) is 22.3. The Hall–Kier alpha value is -3.57. The van der Waals surface area contributed by atoms with Crippen LogP contribution in [0.3, 0.4) is 0 Å². The van der Waals surface area contributed by atoms with Gasteiger partial charge in [-0.05, 0) is 51.1 Å². The standard InChI is InChI=1S/C24H28F5N7.C2H6/c1-4-36(17(2)3)23-32-20(18(9-11-26)7-5-10-25)31-22(33-23)35-15-13-34(14-16-35)21-19(24(27,28)29)8-6-12-30-21;1-2/h5-12,17H,4,13-16H2,1-3H3;1-2H3/b10-5+,11-9+,18-7+;. The zero-order valence-corrected chi connectivity index (χ0v) is 22.3. The van der Waals surface area contributed by atoms with Crippen LogP contribution < -0.4 is 14.7 Å². The predicted molar refractivity (Wildman–Crippen MR) is 141 cm³/mol. The maximum Gasteiger partial charge on any atom is 0.419 e. The molecule has 0 aromatic carbocycles. The van der Waals surface area contributed by atoms with E-state index in [1.54, 1.807) is 4.90 Å². The number of nitrogens with zero attached hydrogens (tertiary/aromatic N) is 7. The number of piperazine rings is 1. The second-order valence-corrected chi connectivity index (χ2v) is 8.22. The first-order chi connectivity index (χ1) is 18.2. The third-order valence-electron chi connectivity index (χ3n) is 5.64. The summed E-state index contributed by atoms with van der Waals surface area (Å²) in [5, 5.41) is 0. The van der Waals surface area contributed by atoms with E-state index in [0.717, 1.165) is 18.2 Å². The molecule has 0 atom stereocenters. The molecule has 0 N–H and O–H groups in total. The Bertz CT molecular complexity index is 1110. The second kappa shape index (κ2) is 14.4. The average Bonchev–Trinajstić information content (AvgIpc) is 2.92. The lowest BCUT2D eigenvalue weighted by Gasteiger charge is -2.36. The molecule has 0 amide bonds. The Balaban J connectivity index is 0.00000247. The number of allylic oxidation sites excluding steroid dienone is 4. The Morgan fingerprint density at radius 3 is 2.24 bits per heavy atom. The van der Waals surface area contributed by atoms with E-state index in [2.05, 4.69) is 19.9 Å². The van der Waals surface area contributed by atoms with Gasteiger partial charge in [-0.2, -0.15) is 28.1 Å². The summed E-state index contributed by atoms with van der Waals surface area (Å²) in [6.45, 7) is 11.7. The molecule has 0 spiro atoms. The molecule has 0 saturated carbocycles. The normalized spacial score (nSPS) is 14.9. The first kappa shape index (κ1) is 30.7. The van der Waals surface area contributed by atoms with Crippen LogP contribution in [0.15, 0.2) is 49.2 Å². The minimum atomic E-state index is -4.51. The van der Waals surface area contributed by atoms with Gasteiger partial charge in [-0.15, -0.1) is 0 Å². The highest BCUT2D eigenvalue weighted by Crippen LogP contribution is 2.35. The van der Waals surface area contributed by atoms with Gasteiger partial charge in [0.25, 0.3) is 0 Å². The maximum absolute atomic E-state index is 13.5. The van der Waals surface area contributed by atoms with E-state index in [9.17, 15) is 22.0 Å². The van der Waals surface area contributed by atoms with Crippen molar-refractivity contribution >= 4 is 23.3 Å². The molecule has 0 unspecified atom stereocenters. The number of pyridine rings is 1. The van der Waals surface area contributed by atoms with Crippen molar-refractivity contribution < 1.29 is 22.0 Å². The van der Waals surface area contributed by atoms with E-state index >= 15 is 0 Å². The van der Waals surface area contributed by atoms with E-state index in [1.807, 2.05) is 44.4 Å². The van der Waals surface area contributed by atoms with Crippen molar-refractivity contribution in [1.29, 1.82) is 0 Å². The molecule has 3 rings (SSSR count). The Morgan fingerprint density at radius 1 is 1.03 bits per heavy atom. The summed E-state index contributed by atoms with van der Waals surface area (Å²) in [7, 11) is 0. The number of hydrogen-bond donors (Lipinski definition) is 0. The SMILES string of the molecule is CC.CCN(c1nc(C(/C=C/F)=C/C=C/F)nc(N2CCN(c3ncccc3C(F)(F)F)CC2)n1)C(C)C. The molecule has 7 nitrogen and oxygen atoms in total. The van der Waals surface area contributed by atoms with Crippen molar-refractivity contribution in [2.45, 2.75) is 46.8 Å². The largest absolute Gasteiger partial charge is 0.419 e. The van der Waals surface area contributed by atoms with Gasteiger partial charge < -0.3 is 14.7 Å². The Morgan fingerprint density at radius 2 is 1.68 bits per heavy atom. The van der Waals surface area contributed by atoms with E-state index in [4.69, 9.17) is 0 Å². The first-order valence-corrected chi connectivity index (χ1v) is 12.5. The highest BCUT2D eigenvalue weighted by molar-refractivity contribution is 5.71. The number of alkyl halides is 3. The highest BCUT2D eigenvalue weighted by atomic mass is 19.4. The summed E-state index contributed by atoms with van der Waals surface area (Å²) in [5.41, 5.74) is -0.550. The molecule has 1 saturated heterocycles. The van der Waals surface area contributed by atoms with Crippen molar-refractivity contribution in [1.82, 2.24) is 19.9 Å². The first-order valence-electron chi connectivity index (χ1n) is 12.5. The highest BCUT2D eigenvalue weighted by Gasteiger charge is 2.36. The minimum Gasteiger partial charge on any atom is -0.353 e. The molecule has 2 aromatic rings. The monoisotopic (exact) mass is 539 g/mol. The van der Waals surface area contributed by atoms with Crippen molar-refractivity contribution in [3.8, 4) is 0 Å². The van der Waals surface area contributed by atoms with Gasteiger partial charge in [-0.1, -0.05) is 13.8 Å². The summed E-state index contributed by atoms with van der Waals surface area (Å²) in [6, 6.07) is 2.33. The number of halogens is 5. The number of anilines is 3. The van der Waals surface area contributed by atoms with Crippen LogP contribution in [-0.2, 0) is 6.18 Å². The summed E-state index contributed by atoms with van der Waals surface area (Å²) in [5.74, 6) is 0.692. The van der Waals surface area contributed by atoms with Gasteiger partial charge in [0.2, 0.25) is 11.9 Å². The fraction of sp³-hybridized carbons (Fsp3) is 0.462. The van der Waals surface area contributed by atoms with E-state index < -0.39 is 11.7 Å². The van der Waals surface area contributed by atoms with E-state index in [1.165, 1.54) is 18.3 Å². The lowest BCUT2D eigenvalue weighted by atomic mass is 10.2. The van der Waals surface area contributed by atoms with Gasteiger partial charge in [0.05, 0.1) is 18.2 Å². The van der Waals surface area contributed by atoms with Gasteiger partial charge in [0, 0.05) is 50.5 Å². The van der Waals surface area contributed by atoms with Crippen molar-refractivity contribution in [3.63, 3.8) is 0 Å². The molecule has 208 valence electrons. The van der Waals surface area contributed by atoms with Crippen LogP contribution in [0.2, 0.25) is 0 Å². The molecular formula is C26H34F5N7. The van der Waals surface area contributed by atoms with Gasteiger partial charge in [-0.25, -0.2) is 13.8 Å². The van der Waals surface area contributed by atoms with Crippen LogP contribution in [0.25, 0.3) is 5.57 Å². The Kier molecular flexibility index (Phi) is 11.6. The summed E-state index contributed by atoms with van der Waals surface area (Å²) >= 11 is 0. The molecular weight excluding hydrogens is 505 g/mol. The average molecular weight is 540 g/mol. The molecule has 1 aliphatic heterocycles. The maximum atomic E-state index is 13.5. The van der Waals surface area contributed by atoms with Gasteiger partial charge in [0.1, 0.15) is 5.82 Å². The van der Waals surface area contributed by atoms with E-state index in [-0.39, 0.29) is 36.3 Å². The van der Waals surface area contributed by atoms with Crippen LogP contribution in [0.4, 0.5) is 39.7 Å². The molecule has 0 aliphatic carbocycles. The van der Waals surface area contributed by atoms with Crippen molar-refractivity contribution in [2.24, 2.45) is 0 Å². The third-order valence-corrected chi connectivity index (χ3v) is 5.64. The summed E-state index contributed by atoms with van der Waals surface area (Å²) < 4.78 is 66.1. The van der Waals surface area contributed by atoms with Crippen LogP contribution in [0.1, 0.15) is 46.0 Å². The van der Waals surface area contributed by atoms with Gasteiger partial charge in [-0.3, -0.25) is 0 Å². The molecule has 1 aliphatic rings. The topological polar surface area (TPSA) is 61.3 Å². The summed E-state index contributed by atoms with van der Waals surface area (Å²) in [6.07, 6.45) is 1.00. The molecule has 2 aromatic heterocycles. The van der Waals surface area contributed by atoms with Crippen LogP contribution in [0.5, 0.6) is 0 Å². The fourth-order valence-corrected chi connectivity index (χ4v) is 3.89. The molecule has 12 heteroatoms. The van der Waals surface area contributed by atoms with Gasteiger partial charge >= 0.3 is 6.18 Å². The molecule has 3 heterocycles. The molecule has 0 radical (unpaired) electrons. The van der Waals surface area contributed by atoms with Crippen LogP contribution >= 0.6 is 0 Å². The number of aromatic nitrogens is 4. The van der Waals surface area contributed by atoms with Crippen LogP contribution in [0, 0.1) is 0 Å². The number of hydrogen-bond acceptors (Lipinski definition) is 7. The van der Waals surface area contributed by atoms with Crippen LogP contribution in [-0.4, -0.2) is 58.7 Å². The third kappa shape index (κ3) is 7.72. The quantitative estimate of drug-likeness (QED) is 0.291. The Labute approximate surface area is 220 Å². The molecule has 1 fully saturated rings. The predicted octanol–water partition coefficient (Wildman–Crippen LogP) is 6.22. The molecule has 38 heavy (non-hydrogen) atoms. The number of rotatable bonds is 8. The fourth-order valence-electron chi connectivity index (χ4n) is 3.89. The lowest BCUT2D eigenvalue weighted by Crippen LogP contribution is -2.48. The molecule has 0 bridgehead atoms. The zero-order chi connectivity index (χ0) is 28.3. The van der Waals surface area contributed by atoms with Crippen molar-refractivity contribution in [3.05, 3.63) is 60.6 Å². The van der Waals surface area contributed by atoms with E-state index in [0.29, 0.717) is 44.2 Å². The minimum absolute atomic E-state index is 0.0507. The van der Waals surface area contributed by atoms with Gasteiger partial charge in [0.15, 0.2) is 5.82 Å².